The molecule has 34 heavy (non-hydrogen) atoms. The molecule has 0 spiro atoms. The number of aliphatic hydroxyl groups excluding tert-OH is 1. The van der Waals surface area contributed by atoms with Gasteiger partial charge in [0, 0.05) is 31.7 Å². The lowest BCUT2D eigenvalue weighted by Crippen LogP contribution is -2.42. The summed E-state index contributed by atoms with van der Waals surface area (Å²) in [5.41, 5.74) is 2.52. The molecule has 0 aliphatic carbocycles. The largest absolute Gasteiger partial charge is 0.507 e. The molecule has 7 heteroatoms. The summed E-state index contributed by atoms with van der Waals surface area (Å²) in [5, 5.41) is 11.2. The molecule has 0 radical (unpaired) electrons. The Bertz CT molecular complexity index is 1070. The van der Waals surface area contributed by atoms with Crippen molar-refractivity contribution in [2.24, 2.45) is 0 Å². The molecule has 2 heterocycles. The molecule has 7 nitrogen and oxygen atoms in total. The zero-order valence-corrected chi connectivity index (χ0v) is 20.0. The quantitative estimate of drug-likeness (QED) is 0.383. The average molecular weight is 465 g/mol. The van der Waals surface area contributed by atoms with E-state index in [0.29, 0.717) is 43.5 Å². The SMILES string of the molecule is COc1cccc(C(O)=C2C(=O)C(=O)N(CCN3CCOCC3)C2c2ccc(C(C)C)cc2)c1. The van der Waals surface area contributed by atoms with Crippen LogP contribution in [0, 0.1) is 0 Å². The van der Waals surface area contributed by atoms with Gasteiger partial charge in [-0.25, -0.2) is 0 Å². The van der Waals surface area contributed by atoms with Crippen molar-refractivity contribution in [1.82, 2.24) is 9.80 Å². The van der Waals surface area contributed by atoms with Gasteiger partial charge in [0.25, 0.3) is 11.7 Å². The number of amides is 1. The van der Waals surface area contributed by atoms with E-state index >= 15 is 0 Å². The fourth-order valence-electron chi connectivity index (χ4n) is 4.52. The van der Waals surface area contributed by atoms with Crippen molar-refractivity contribution < 1.29 is 24.2 Å². The number of benzene rings is 2. The highest BCUT2D eigenvalue weighted by molar-refractivity contribution is 6.46. The Hall–Kier alpha value is -3.16. The summed E-state index contributed by atoms with van der Waals surface area (Å²) in [5.74, 6) is -0.526. The molecule has 0 aromatic heterocycles. The van der Waals surface area contributed by atoms with Crippen LogP contribution in [0.1, 0.15) is 42.5 Å². The molecule has 2 aliphatic heterocycles. The molecule has 4 rings (SSSR count). The molecule has 180 valence electrons. The molecule has 1 amide bonds. The highest BCUT2D eigenvalue weighted by atomic mass is 16.5. The van der Waals surface area contributed by atoms with E-state index in [4.69, 9.17) is 9.47 Å². The molecule has 2 saturated heterocycles. The number of methoxy groups -OCH3 is 1. The minimum absolute atomic E-state index is 0.109. The Morgan fingerprint density at radius 2 is 1.79 bits per heavy atom. The van der Waals surface area contributed by atoms with E-state index in [2.05, 4.69) is 18.7 Å². The number of carbonyl (C=O) groups is 2. The minimum Gasteiger partial charge on any atom is -0.507 e. The first-order valence-electron chi connectivity index (χ1n) is 11.7. The Morgan fingerprint density at radius 3 is 2.44 bits per heavy atom. The van der Waals surface area contributed by atoms with Crippen LogP contribution in [-0.2, 0) is 14.3 Å². The average Bonchev–Trinajstić information content (AvgIpc) is 3.12. The third kappa shape index (κ3) is 4.86. The molecule has 1 N–H and O–H groups in total. The highest BCUT2D eigenvalue weighted by Crippen LogP contribution is 2.40. The van der Waals surface area contributed by atoms with Crippen molar-refractivity contribution in [3.63, 3.8) is 0 Å². The third-order valence-corrected chi connectivity index (χ3v) is 6.56. The summed E-state index contributed by atoms with van der Waals surface area (Å²) in [6.45, 7) is 8.16. The van der Waals surface area contributed by atoms with E-state index in [1.165, 1.54) is 5.56 Å². The van der Waals surface area contributed by atoms with Gasteiger partial charge in [0.1, 0.15) is 11.5 Å². The lowest BCUT2D eigenvalue weighted by atomic mass is 9.93. The van der Waals surface area contributed by atoms with E-state index in [-0.39, 0.29) is 11.3 Å². The van der Waals surface area contributed by atoms with E-state index < -0.39 is 17.7 Å². The van der Waals surface area contributed by atoms with Gasteiger partial charge in [0.2, 0.25) is 0 Å². The first kappa shape index (κ1) is 24.0. The Kier molecular flexibility index (Phi) is 7.34. The third-order valence-electron chi connectivity index (χ3n) is 6.56. The van der Waals surface area contributed by atoms with Gasteiger partial charge in [-0.05, 0) is 29.2 Å². The molecular formula is C27H32N2O5. The zero-order valence-electron chi connectivity index (χ0n) is 20.0. The molecule has 2 fully saturated rings. The van der Waals surface area contributed by atoms with Crippen LogP contribution in [0.3, 0.4) is 0 Å². The maximum atomic E-state index is 13.2. The van der Waals surface area contributed by atoms with E-state index in [1.54, 1.807) is 36.3 Å². The Labute approximate surface area is 200 Å². The number of aliphatic hydroxyl groups is 1. The second kappa shape index (κ2) is 10.4. The van der Waals surface area contributed by atoms with Crippen LogP contribution < -0.4 is 4.74 Å². The predicted molar refractivity (Wildman–Crippen MR) is 130 cm³/mol. The number of nitrogens with zero attached hydrogens (tertiary/aromatic N) is 2. The van der Waals surface area contributed by atoms with Crippen molar-refractivity contribution >= 4 is 17.4 Å². The number of hydrogen-bond donors (Lipinski definition) is 1. The number of Topliss-reactive ketones (excluding diaryl/α,β-unsaturated/α-hetero) is 1. The topological polar surface area (TPSA) is 79.3 Å². The Morgan fingerprint density at radius 1 is 1.09 bits per heavy atom. The Balaban J connectivity index is 1.74. The summed E-state index contributed by atoms with van der Waals surface area (Å²) in [7, 11) is 1.54. The number of likely N-dealkylation sites (tertiary alicyclic amines) is 1. The normalized spacial score (nSPS) is 20.8. The molecule has 1 unspecified atom stereocenters. The van der Waals surface area contributed by atoms with Crippen molar-refractivity contribution in [3.05, 3.63) is 70.8 Å². The van der Waals surface area contributed by atoms with Crippen LogP contribution in [0.5, 0.6) is 5.75 Å². The molecule has 2 aromatic carbocycles. The van der Waals surface area contributed by atoms with Gasteiger partial charge in [-0.3, -0.25) is 14.5 Å². The second-order valence-corrected chi connectivity index (χ2v) is 9.00. The highest BCUT2D eigenvalue weighted by Gasteiger charge is 2.46. The molecule has 0 bridgehead atoms. The molecule has 2 aromatic rings. The maximum Gasteiger partial charge on any atom is 0.295 e. The van der Waals surface area contributed by atoms with Crippen molar-refractivity contribution in [2.45, 2.75) is 25.8 Å². The summed E-state index contributed by atoms with van der Waals surface area (Å²) in [4.78, 5) is 30.2. The monoisotopic (exact) mass is 464 g/mol. The van der Waals surface area contributed by atoms with E-state index in [1.807, 2.05) is 24.3 Å². The van der Waals surface area contributed by atoms with Crippen LogP contribution in [0.2, 0.25) is 0 Å². The first-order valence-corrected chi connectivity index (χ1v) is 11.7. The van der Waals surface area contributed by atoms with Gasteiger partial charge in [0.15, 0.2) is 0 Å². The summed E-state index contributed by atoms with van der Waals surface area (Å²) >= 11 is 0. The van der Waals surface area contributed by atoms with Gasteiger partial charge in [-0.1, -0.05) is 50.2 Å². The van der Waals surface area contributed by atoms with Crippen LogP contribution in [-0.4, -0.2) is 73.1 Å². The van der Waals surface area contributed by atoms with E-state index in [0.717, 1.165) is 18.7 Å². The number of ketones is 1. The number of morpholine rings is 1. The lowest BCUT2D eigenvalue weighted by molar-refractivity contribution is -0.140. The summed E-state index contributed by atoms with van der Waals surface area (Å²) < 4.78 is 10.7. The van der Waals surface area contributed by atoms with E-state index in [9.17, 15) is 14.7 Å². The minimum atomic E-state index is -0.666. The predicted octanol–water partition coefficient (Wildman–Crippen LogP) is 3.57. The van der Waals surface area contributed by atoms with Gasteiger partial charge in [-0.2, -0.15) is 0 Å². The smallest absolute Gasteiger partial charge is 0.295 e. The summed E-state index contributed by atoms with van der Waals surface area (Å²) in [6, 6.07) is 14.2. The van der Waals surface area contributed by atoms with Crippen LogP contribution in [0.25, 0.3) is 5.76 Å². The fraction of sp³-hybridized carbons (Fsp3) is 0.407. The van der Waals surface area contributed by atoms with Crippen LogP contribution >= 0.6 is 0 Å². The van der Waals surface area contributed by atoms with Gasteiger partial charge >= 0.3 is 0 Å². The molecule has 1 atom stereocenters. The van der Waals surface area contributed by atoms with Gasteiger partial charge < -0.3 is 19.5 Å². The van der Waals surface area contributed by atoms with Crippen molar-refractivity contribution in [3.8, 4) is 5.75 Å². The second-order valence-electron chi connectivity index (χ2n) is 9.00. The molecule has 2 aliphatic rings. The van der Waals surface area contributed by atoms with Gasteiger partial charge in [-0.15, -0.1) is 0 Å². The fourth-order valence-corrected chi connectivity index (χ4v) is 4.52. The molecule has 0 saturated carbocycles. The number of carbonyl (C=O) groups excluding carboxylic acids is 2. The maximum absolute atomic E-state index is 13.2. The number of ether oxygens (including phenoxy) is 2. The number of rotatable bonds is 7. The standard InChI is InChI=1S/C27H32N2O5/c1-18(2)19-7-9-20(10-8-19)24-23(25(30)21-5-4-6-22(17-21)33-3)26(31)27(32)29(24)12-11-28-13-15-34-16-14-28/h4-10,17-18,24,30H,11-16H2,1-3H3. The lowest BCUT2D eigenvalue weighted by Gasteiger charge is -2.31. The number of hydrogen-bond acceptors (Lipinski definition) is 6. The van der Waals surface area contributed by atoms with Gasteiger partial charge in [0.05, 0.1) is 31.9 Å². The molecular weight excluding hydrogens is 432 g/mol. The van der Waals surface area contributed by atoms with Crippen LogP contribution in [0.4, 0.5) is 0 Å². The van der Waals surface area contributed by atoms with Crippen LogP contribution in [0.15, 0.2) is 54.1 Å². The summed E-state index contributed by atoms with van der Waals surface area (Å²) in [6.07, 6.45) is 0. The van der Waals surface area contributed by atoms with Crippen molar-refractivity contribution in [2.75, 3.05) is 46.5 Å². The van der Waals surface area contributed by atoms with Crippen molar-refractivity contribution in [1.29, 1.82) is 0 Å². The zero-order chi connectivity index (χ0) is 24.2. The first-order chi connectivity index (χ1) is 16.4.